The number of nitrogens with zero attached hydrogens (tertiary/aromatic N) is 1. The van der Waals surface area contributed by atoms with Gasteiger partial charge in [-0.2, -0.15) is 0 Å². The zero-order chi connectivity index (χ0) is 13.1. The standard InChI is InChI=1S/C14H18ClNO2/c1-9-3-5-12(6-4-9)18-14(17)11-7-10(2)16-13(15)8-11/h7-9,12H,3-6H2,1-2H3. The van der Waals surface area contributed by atoms with Crippen LogP contribution in [-0.4, -0.2) is 17.1 Å². The Morgan fingerprint density at radius 1 is 1.33 bits per heavy atom. The first-order chi connectivity index (χ1) is 8.54. The third kappa shape index (κ3) is 3.45. The van der Waals surface area contributed by atoms with Gasteiger partial charge in [0.15, 0.2) is 0 Å². The van der Waals surface area contributed by atoms with Gasteiger partial charge in [-0.05, 0) is 50.7 Å². The second kappa shape index (κ2) is 5.70. The molecule has 0 spiro atoms. The average molecular weight is 268 g/mol. The number of ether oxygens (including phenoxy) is 1. The van der Waals surface area contributed by atoms with Crippen LogP contribution in [0, 0.1) is 12.8 Å². The van der Waals surface area contributed by atoms with Crippen LogP contribution in [0.1, 0.15) is 48.7 Å². The highest BCUT2D eigenvalue weighted by atomic mass is 35.5. The second-order valence-corrected chi connectivity index (χ2v) is 5.49. The number of hydrogen-bond acceptors (Lipinski definition) is 3. The summed E-state index contributed by atoms with van der Waals surface area (Å²) in [6.07, 6.45) is 4.25. The van der Waals surface area contributed by atoms with Crippen LogP contribution in [0.25, 0.3) is 0 Å². The van der Waals surface area contributed by atoms with Crippen LogP contribution in [0.2, 0.25) is 5.15 Å². The summed E-state index contributed by atoms with van der Waals surface area (Å²) in [5, 5.41) is 0.333. The van der Waals surface area contributed by atoms with Crippen molar-refractivity contribution in [3.63, 3.8) is 0 Å². The number of carbonyl (C=O) groups excluding carboxylic acids is 1. The van der Waals surface area contributed by atoms with Crippen molar-refractivity contribution < 1.29 is 9.53 Å². The van der Waals surface area contributed by atoms with E-state index in [0.29, 0.717) is 10.7 Å². The van der Waals surface area contributed by atoms with E-state index in [1.165, 1.54) is 0 Å². The molecule has 0 atom stereocenters. The average Bonchev–Trinajstić information content (AvgIpc) is 2.31. The summed E-state index contributed by atoms with van der Waals surface area (Å²) in [6, 6.07) is 3.27. The summed E-state index contributed by atoms with van der Waals surface area (Å²) < 4.78 is 5.51. The highest BCUT2D eigenvalue weighted by Crippen LogP contribution is 2.26. The fourth-order valence-electron chi connectivity index (χ4n) is 2.31. The third-order valence-electron chi connectivity index (χ3n) is 3.39. The Hall–Kier alpha value is -1.09. The van der Waals surface area contributed by atoms with E-state index in [1.54, 1.807) is 12.1 Å². The SMILES string of the molecule is Cc1cc(C(=O)OC2CCC(C)CC2)cc(Cl)n1. The minimum Gasteiger partial charge on any atom is -0.459 e. The molecule has 2 rings (SSSR count). The molecule has 1 heterocycles. The fraction of sp³-hybridized carbons (Fsp3) is 0.571. The maximum Gasteiger partial charge on any atom is 0.338 e. The molecule has 0 radical (unpaired) electrons. The Morgan fingerprint density at radius 2 is 2.00 bits per heavy atom. The highest BCUT2D eigenvalue weighted by Gasteiger charge is 2.22. The molecule has 1 aliphatic carbocycles. The maximum absolute atomic E-state index is 12.0. The third-order valence-corrected chi connectivity index (χ3v) is 3.59. The second-order valence-electron chi connectivity index (χ2n) is 5.11. The smallest absolute Gasteiger partial charge is 0.338 e. The molecule has 0 bridgehead atoms. The van der Waals surface area contributed by atoms with Crippen molar-refractivity contribution in [2.45, 2.75) is 45.6 Å². The molecule has 3 nitrogen and oxygen atoms in total. The first kappa shape index (κ1) is 13.3. The van der Waals surface area contributed by atoms with Gasteiger partial charge in [0.2, 0.25) is 0 Å². The Balaban J connectivity index is 1.99. The molecule has 0 amide bonds. The lowest BCUT2D eigenvalue weighted by atomic mass is 9.89. The van der Waals surface area contributed by atoms with Crippen LogP contribution in [0.5, 0.6) is 0 Å². The van der Waals surface area contributed by atoms with E-state index in [1.807, 2.05) is 6.92 Å². The van der Waals surface area contributed by atoms with E-state index in [-0.39, 0.29) is 12.1 Å². The molecule has 1 saturated carbocycles. The summed E-state index contributed by atoms with van der Waals surface area (Å²) in [6.45, 7) is 4.05. The number of halogens is 1. The molecule has 1 fully saturated rings. The van der Waals surface area contributed by atoms with Gasteiger partial charge in [-0.3, -0.25) is 0 Å². The molecular formula is C14H18ClNO2. The zero-order valence-electron chi connectivity index (χ0n) is 10.8. The zero-order valence-corrected chi connectivity index (χ0v) is 11.5. The number of pyridine rings is 1. The van der Waals surface area contributed by atoms with Gasteiger partial charge in [-0.1, -0.05) is 18.5 Å². The minimum absolute atomic E-state index is 0.0564. The summed E-state index contributed by atoms with van der Waals surface area (Å²) >= 11 is 5.84. The van der Waals surface area contributed by atoms with Crippen molar-refractivity contribution in [1.29, 1.82) is 0 Å². The largest absolute Gasteiger partial charge is 0.459 e. The van der Waals surface area contributed by atoms with Crippen LogP contribution in [0.4, 0.5) is 0 Å². The molecule has 98 valence electrons. The van der Waals surface area contributed by atoms with Crippen LogP contribution in [0.3, 0.4) is 0 Å². The van der Waals surface area contributed by atoms with Crippen molar-refractivity contribution in [3.05, 3.63) is 28.5 Å². The molecule has 0 unspecified atom stereocenters. The summed E-state index contributed by atoms with van der Waals surface area (Å²) in [5.74, 6) is 0.458. The summed E-state index contributed by atoms with van der Waals surface area (Å²) in [5.41, 5.74) is 1.22. The van der Waals surface area contributed by atoms with E-state index < -0.39 is 0 Å². The fourth-order valence-corrected chi connectivity index (χ4v) is 2.56. The Kier molecular flexibility index (Phi) is 4.23. The topological polar surface area (TPSA) is 39.2 Å². The first-order valence-electron chi connectivity index (χ1n) is 6.40. The van der Waals surface area contributed by atoms with Gasteiger partial charge >= 0.3 is 5.97 Å². The predicted octanol–water partition coefficient (Wildman–Crippen LogP) is 3.78. The number of aryl methyl sites for hydroxylation is 1. The predicted molar refractivity (Wildman–Crippen MR) is 70.8 cm³/mol. The molecule has 0 aromatic carbocycles. The van der Waals surface area contributed by atoms with Gasteiger partial charge in [0.05, 0.1) is 5.56 Å². The highest BCUT2D eigenvalue weighted by molar-refractivity contribution is 6.29. The van der Waals surface area contributed by atoms with E-state index in [9.17, 15) is 4.79 Å². The van der Waals surface area contributed by atoms with E-state index >= 15 is 0 Å². The van der Waals surface area contributed by atoms with Crippen LogP contribution < -0.4 is 0 Å². The molecular weight excluding hydrogens is 250 g/mol. The van der Waals surface area contributed by atoms with Gasteiger partial charge in [-0.25, -0.2) is 9.78 Å². The number of rotatable bonds is 2. The summed E-state index contributed by atoms with van der Waals surface area (Å²) in [7, 11) is 0. The summed E-state index contributed by atoms with van der Waals surface area (Å²) in [4.78, 5) is 16.0. The van der Waals surface area contributed by atoms with Crippen molar-refractivity contribution >= 4 is 17.6 Å². The first-order valence-corrected chi connectivity index (χ1v) is 6.77. The van der Waals surface area contributed by atoms with Crippen LogP contribution in [0.15, 0.2) is 12.1 Å². The van der Waals surface area contributed by atoms with Crippen LogP contribution >= 0.6 is 11.6 Å². The van der Waals surface area contributed by atoms with Gasteiger partial charge < -0.3 is 4.74 Å². The van der Waals surface area contributed by atoms with Crippen LogP contribution in [-0.2, 0) is 4.74 Å². The van der Waals surface area contributed by atoms with Gasteiger partial charge in [0.25, 0.3) is 0 Å². The van der Waals surface area contributed by atoms with Gasteiger partial charge in [0.1, 0.15) is 11.3 Å². The number of carbonyl (C=O) groups is 1. The van der Waals surface area contributed by atoms with E-state index in [0.717, 1.165) is 37.3 Å². The van der Waals surface area contributed by atoms with Crippen molar-refractivity contribution in [2.75, 3.05) is 0 Å². The molecule has 0 aliphatic heterocycles. The minimum atomic E-state index is -0.290. The van der Waals surface area contributed by atoms with E-state index in [4.69, 9.17) is 16.3 Å². The lowest BCUT2D eigenvalue weighted by Gasteiger charge is -2.26. The maximum atomic E-state index is 12.0. The monoisotopic (exact) mass is 267 g/mol. The Morgan fingerprint density at radius 3 is 2.61 bits per heavy atom. The van der Waals surface area contributed by atoms with Crippen molar-refractivity contribution in [3.8, 4) is 0 Å². The molecule has 0 N–H and O–H groups in total. The van der Waals surface area contributed by atoms with E-state index in [2.05, 4.69) is 11.9 Å². The van der Waals surface area contributed by atoms with Crippen molar-refractivity contribution in [1.82, 2.24) is 4.98 Å². The number of esters is 1. The molecule has 0 saturated heterocycles. The van der Waals surface area contributed by atoms with Crippen molar-refractivity contribution in [2.24, 2.45) is 5.92 Å². The number of aromatic nitrogens is 1. The quantitative estimate of drug-likeness (QED) is 0.605. The van der Waals surface area contributed by atoms with Gasteiger partial charge in [0, 0.05) is 5.69 Å². The molecule has 18 heavy (non-hydrogen) atoms. The normalized spacial score (nSPS) is 23.7. The number of hydrogen-bond donors (Lipinski definition) is 0. The molecule has 4 heteroatoms. The lowest BCUT2D eigenvalue weighted by molar-refractivity contribution is 0.0173. The molecule has 1 aromatic rings. The molecule has 1 aliphatic rings. The lowest BCUT2D eigenvalue weighted by Crippen LogP contribution is -2.23. The Labute approximate surface area is 113 Å². The molecule has 1 aromatic heterocycles. The Bertz CT molecular complexity index is 419. The van der Waals surface area contributed by atoms with Gasteiger partial charge in [-0.15, -0.1) is 0 Å².